The van der Waals surface area contributed by atoms with E-state index in [1.54, 1.807) is 0 Å². The minimum atomic E-state index is -5.18. The molecule has 1 N–H and O–H groups in total. The van der Waals surface area contributed by atoms with E-state index in [9.17, 15) is 27.9 Å². The Kier molecular flexibility index (Phi) is 5.67. The lowest BCUT2D eigenvalue weighted by molar-refractivity contribution is -0.166. The molecule has 0 saturated carbocycles. The molecule has 24 heavy (non-hydrogen) atoms. The van der Waals surface area contributed by atoms with Gasteiger partial charge in [-0.1, -0.05) is 6.07 Å². The number of hydrogen-bond acceptors (Lipinski definition) is 4. The lowest BCUT2D eigenvalue weighted by Crippen LogP contribution is -2.28. The van der Waals surface area contributed by atoms with Gasteiger partial charge in [-0.15, -0.1) is 11.3 Å². The van der Waals surface area contributed by atoms with Crippen LogP contribution in [0.3, 0.4) is 0 Å². The molecule has 1 aromatic carbocycles. The van der Waals surface area contributed by atoms with Crippen molar-refractivity contribution in [1.29, 1.82) is 0 Å². The van der Waals surface area contributed by atoms with Crippen LogP contribution in [0, 0.1) is 0 Å². The van der Waals surface area contributed by atoms with Crippen LogP contribution in [0.1, 0.15) is 15.2 Å². The van der Waals surface area contributed by atoms with E-state index in [2.05, 4.69) is 31.9 Å². The third kappa shape index (κ3) is 4.14. The van der Waals surface area contributed by atoms with Gasteiger partial charge in [0.25, 0.3) is 5.78 Å². The Labute approximate surface area is 155 Å². The fraction of sp³-hybridized carbons (Fsp3) is 0.0667. The number of phenolic OH excluding ortho intramolecular Hbond substituents is 1. The van der Waals surface area contributed by atoms with Crippen LogP contribution in [0.4, 0.5) is 13.2 Å². The first-order valence-corrected chi connectivity index (χ1v) is 8.67. The third-order valence-electron chi connectivity index (χ3n) is 2.84. The molecule has 0 spiro atoms. The van der Waals surface area contributed by atoms with Crippen LogP contribution >= 0.6 is 43.2 Å². The molecule has 1 aromatic heterocycles. The van der Waals surface area contributed by atoms with Gasteiger partial charge in [-0.25, -0.2) is 0 Å². The van der Waals surface area contributed by atoms with Gasteiger partial charge in [0, 0.05) is 0 Å². The van der Waals surface area contributed by atoms with Crippen molar-refractivity contribution in [3.8, 4) is 5.75 Å². The molecule has 3 nitrogen and oxygen atoms in total. The molecular formula is C15H7Br2F3O3S. The summed E-state index contributed by atoms with van der Waals surface area (Å²) in [5.74, 6) is -3.38. The zero-order valence-corrected chi connectivity index (χ0v) is 15.5. The molecule has 0 fully saturated rings. The van der Waals surface area contributed by atoms with E-state index in [-0.39, 0.29) is 25.1 Å². The van der Waals surface area contributed by atoms with Crippen LogP contribution in [0.25, 0.3) is 6.08 Å². The highest BCUT2D eigenvalue weighted by Crippen LogP contribution is 2.35. The number of hydrogen-bond donors (Lipinski definition) is 1. The molecule has 1 heterocycles. The van der Waals surface area contributed by atoms with Gasteiger partial charge < -0.3 is 5.11 Å². The number of halogens is 5. The van der Waals surface area contributed by atoms with Crippen molar-refractivity contribution in [1.82, 2.24) is 0 Å². The first kappa shape index (κ1) is 18.9. The van der Waals surface area contributed by atoms with Crippen LogP contribution in [0.5, 0.6) is 5.75 Å². The number of rotatable bonds is 4. The molecule has 126 valence electrons. The van der Waals surface area contributed by atoms with E-state index in [1.165, 1.54) is 29.6 Å². The molecule has 0 atom stereocenters. The van der Waals surface area contributed by atoms with E-state index in [4.69, 9.17) is 0 Å². The summed E-state index contributed by atoms with van der Waals surface area (Å²) in [5.41, 5.74) is -0.849. The molecule has 0 aliphatic rings. The average molecular weight is 484 g/mol. The van der Waals surface area contributed by atoms with Gasteiger partial charge in [0.05, 0.1) is 19.4 Å². The number of aromatic hydroxyl groups is 1. The molecule has 0 amide bonds. The second-order valence-electron chi connectivity index (χ2n) is 4.52. The number of allylic oxidation sites excluding steroid dienone is 1. The van der Waals surface area contributed by atoms with Crippen molar-refractivity contribution in [3.63, 3.8) is 0 Å². The van der Waals surface area contributed by atoms with Crippen LogP contribution < -0.4 is 0 Å². The second kappa shape index (κ2) is 7.20. The standard InChI is InChI=1S/C15H7Br2F3O3S/c16-9-5-7(6-10(17)13(9)22)4-8(14(23)15(18,19)20)12(21)11-2-1-3-24-11/h1-6,22H/b8-4+. The second-order valence-corrected chi connectivity index (χ2v) is 7.18. The fourth-order valence-corrected chi connectivity index (χ4v) is 3.66. The highest BCUT2D eigenvalue weighted by molar-refractivity contribution is 9.11. The number of carbonyl (C=O) groups excluding carboxylic acids is 2. The summed E-state index contributed by atoms with van der Waals surface area (Å²) in [7, 11) is 0. The number of phenols is 1. The van der Waals surface area contributed by atoms with Gasteiger partial charge in [-0.05, 0) is 67.1 Å². The van der Waals surface area contributed by atoms with Gasteiger partial charge in [0.2, 0.25) is 5.78 Å². The molecule has 0 aliphatic heterocycles. The third-order valence-corrected chi connectivity index (χ3v) is 4.92. The predicted molar refractivity (Wildman–Crippen MR) is 91.2 cm³/mol. The topological polar surface area (TPSA) is 54.4 Å². The highest BCUT2D eigenvalue weighted by atomic mass is 79.9. The summed E-state index contributed by atoms with van der Waals surface area (Å²) in [6.07, 6.45) is -4.32. The minimum Gasteiger partial charge on any atom is -0.506 e. The Morgan fingerprint density at radius 1 is 1.17 bits per heavy atom. The minimum absolute atomic E-state index is 0.0239. The Balaban J connectivity index is 2.58. The van der Waals surface area contributed by atoms with Crippen molar-refractivity contribution in [2.24, 2.45) is 0 Å². The summed E-state index contributed by atoms with van der Waals surface area (Å²) in [5, 5.41) is 11.2. The number of thiophene rings is 1. The van der Waals surface area contributed by atoms with Crippen LogP contribution in [0.15, 0.2) is 44.2 Å². The Hall–Kier alpha value is -1.45. The SMILES string of the molecule is O=C(/C(=C\c1cc(Br)c(O)c(Br)c1)C(=O)C(F)(F)F)c1cccs1. The predicted octanol–water partition coefficient (Wildman–Crippen LogP) is 5.38. The zero-order chi connectivity index (χ0) is 18.1. The highest BCUT2D eigenvalue weighted by Gasteiger charge is 2.43. The van der Waals surface area contributed by atoms with E-state index >= 15 is 0 Å². The van der Waals surface area contributed by atoms with Gasteiger partial charge in [-0.2, -0.15) is 13.2 Å². The van der Waals surface area contributed by atoms with Crippen molar-refractivity contribution in [3.05, 3.63) is 54.6 Å². The summed E-state index contributed by atoms with van der Waals surface area (Å²) in [6, 6.07) is 5.44. The maximum atomic E-state index is 12.8. The van der Waals surface area contributed by atoms with E-state index in [1.807, 2.05) is 0 Å². The molecule has 2 aromatic rings. The molecule has 0 unspecified atom stereocenters. The number of Topliss-reactive ketones (excluding diaryl/α,β-unsaturated/α-hetero) is 2. The van der Waals surface area contributed by atoms with Gasteiger partial charge in [0.1, 0.15) is 5.75 Å². The summed E-state index contributed by atoms with van der Waals surface area (Å²) < 4.78 is 38.9. The molecule has 9 heteroatoms. The van der Waals surface area contributed by atoms with Gasteiger partial charge in [-0.3, -0.25) is 9.59 Å². The fourth-order valence-electron chi connectivity index (χ4n) is 1.76. The Bertz CT molecular complexity index is 804. The average Bonchev–Trinajstić information content (AvgIpc) is 3.02. The first-order valence-electron chi connectivity index (χ1n) is 6.20. The summed E-state index contributed by atoms with van der Waals surface area (Å²) >= 11 is 7.02. The van der Waals surface area contributed by atoms with E-state index in [0.29, 0.717) is 0 Å². The van der Waals surface area contributed by atoms with Crippen LogP contribution in [-0.4, -0.2) is 22.8 Å². The van der Waals surface area contributed by atoms with Crippen molar-refractivity contribution >= 4 is 60.8 Å². The summed E-state index contributed by atoms with van der Waals surface area (Å²) in [6.45, 7) is 0. The maximum absolute atomic E-state index is 12.8. The quantitative estimate of drug-likeness (QED) is 0.275. The number of carbonyl (C=O) groups is 2. The Morgan fingerprint density at radius 3 is 2.21 bits per heavy atom. The largest absolute Gasteiger partial charge is 0.506 e. The van der Waals surface area contributed by atoms with Crippen molar-refractivity contribution < 1.29 is 27.9 Å². The van der Waals surface area contributed by atoms with Gasteiger partial charge >= 0.3 is 6.18 Å². The van der Waals surface area contributed by atoms with E-state index in [0.717, 1.165) is 17.4 Å². The number of benzene rings is 1. The lowest BCUT2D eigenvalue weighted by atomic mass is 10.0. The van der Waals surface area contributed by atoms with Crippen LogP contribution in [-0.2, 0) is 4.79 Å². The molecular weight excluding hydrogens is 477 g/mol. The van der Waals surface area contributed by atoms with E-state index < -0.39 is 23.3 Å². The van der Waals surface area contributed by atoms with Crippen LogP contribution in [0.2, 0.25) is 0 Å². The monoisotopic (exact) mass is 482 g/mol. The Morgan fingerprint density at radius 2 is 1.75 bits per heavy atom. The summed E-state index contributed by atoms with van der Waals surface area (Å²) in [4.78, 5) is 24.0. The smallest absolute Gasteiger partial charge is 0.455 e. The van der Waals surface area contributed by atoms with Crippen molar-refractivity contribution in [2.45, 2.75) is 6.18 Å². The normalized spacial score (nSPS) is 12.3. The lowest BCUT2D eigenvalue weighted by Gasteiger charge is -2.09. The van der Waals surface area contributed by atoms with Gasteiger partial charge in [0.15, 0.2) is 0 Å². The number of alkyl halides is 3. The molecule has 0 bridgehead atoms. The molecule has 0 radical (unpaired) electrons. The van der Waals surface area contributed by atoms with Crippen molar-refractivity contribution in [2.75, 3.05) is 0 Å². The molecule has 2 rings (SSSR count). The molecule has 0 saturated heterocycles. The molecule has 0 aliphatic carbocycles. The maximum Gasteiger partial charge on any atom is 0.455 e. The number of ketones is 2. The zero-order valence-electron chi connectivity index (χ0n) is 11.5. The first-order chi connectivity index (χ1) is 11.1.